The molecular weight excluding hydrogens is 244 g/mol. The zero-order valence-corrected chi connectivity index (χ0v) is 11.8. The van der Waals surface area contributed by atoms with Crippen LogP contribution in [-0.2, 0) is 0 Å². The molecule has 3 nitrogen and oxygen atoms in total. The first-order chi connectivity index (χ1) is 8.72. The Morgan fingerprint density at radius 1 is 1.33 bits per heavy atom. The summed E-state index contributed by atoms with van der Waals surface area (Å²) in [7, 11) is 1.67. The summed E-state index contributed by atoms with van der Waals surface area (Å²) in [5.41, 5.74) is 2.88. The fraction of sp³-hybridized carbons (Fsp3) is 0.500. The van der Waals surface area contributed by atoms with Gasteiger partial charge < -0.3 is 10.6 Å². The second-order valence-corrected chi connectivity index (χ2v) is 5.81. The number of hydrogen-bond donors (Lipinski definition) is 2. The SMILES string of the molecule is CNC(=O)c1cccc(NC2CCSCC2)c1C. The van der Waals surface area contributed by atoms with E-state index < -0.39 is 0 Å². The summed E-state index contributed by atoms with van der Waals surface area (Å²) in [6.45, 7) is 2.00. The number of thioether (sulfide) groups is 1. The molecule has 1 fully saturated rings. The van der Waals surface area contributed by atoms with Crippen molar-refractivity contribution in [2.75, 3.05) is 23.9 Å². The summed E-state index contributed by atoms with van der Waals surface area (Å²) in [5.74, 6) is 2.44. The van der Waals surface area contributed by atoms with Crippen molar-refractivity contribution >= 4 is 23.4 Å². The topological polar surface area (TPSA) is 41.1 Å². The highest BCUT2D eigenvalue weighted by atomic mass is 32.2. The lowest BCUT2D eigenvalue weighted by atomic mass is 10.0. The number of hydrogen-bond acceptors (Lipinski definition) is 3. The molecule has 0 bridgehead atoms. The van der Waals surface area contributed by atoms with E-state index in [0.717, 1.165) is 16.8 Å². The first-order valence-electron chi connectivity index (χ1n) is 6.38. The number of carbonyl (C=O) groups is 1. The first-order valence-corrected chi connectivity index (χ1v) is 7.54. The predicted octanol–water partition coefficient (Wildman–Crippen LogP) is 2.66. The highest BCUT2D eigenvalue weighted by molar-refractivity contribution is 7.99. The van der Waals surface area contributed by atoms with Crippen molar-refractivity contribution in [3.05, 3.63) is 29.3 Å². The van der Waals surface area contributed by atoms with Crippen molar-refractivity contribution in [2.24, 2.45) is 0 Å². The van der Waals surface area contributed by atoms with E-state index >= 15 is 0 Å². The third-order valence-corrected chi connectivity index (χ3v) is 4.44. The van der Waals surface area contributed by atoms with Crippen molar-refractivity contribution in [2.45, 2.75) is 25.8 Å². The maximum atomic E-state index is 11.7. The summed E-state index contributed by atoms with van der Waals surface area (Å²) < 4.78 is 0. The average molecular weight is 264 g/mol. The quantitative estimate of drug-likeness (QED) is 0.882. The van der Waals surface area contributed by atoms with Gasteiger partial charge in [-0.15, -0.1) is 0 Å². The van der Waals surface area contributed by atoms with Gasteiger partial charge >= 0.3 is 0 Å². The molecule has 1 aliphatic rings. The van der Waals surface area contributed by atoms with E-state index in [1.165, 1.54) is 24.3 Å². The second kappa shape index (κ2) is 6.14. The Labute approximate surface area is 113 Å². The van der Waals surface area contributed by atoms with Crippen LogP contribution in [0, 0.1) is 6.92 Å². The Bertz CT molecular complexity index is 428. The van der Waals surface area contributed by atoms with Crippen LogP contribution in [0.25, 0.3) is 0 Å². The maximum absolute atomic E-state index is 11.7. The number of carbonyl (C=O) groups excluding carboxylic acids is 1. The Morgan fingerprint density at radius 3 is 2.72 bits per heavy atom. The lowest BCUT2D eigenvalue weighted by molar-refractivity contribution is 0.0962. The molecule has 0 saturated carbocycles. The minimum absolute atomic E-state index is 0.0182. The zero-order valence-electron chi connectivity index (χ0n) is 11.0. The Balaban J connectivity index is 2.15. The molecular formula is C14H20N2OS. The monoisotopic (exact) mass is 264 g/mol. The van der Waals surface area contributed by atoms with Gasteiger partial charge in [0.15, 0.2) is 0 Å². The third-order valence-electron chi connectivity index (χ3n) is 3.39. The fourth-order valence-electron chi connectivity index (χ4n) is 2.23. The van der Waals surface area contributed by atoms with E-state index in [-0.39, 0.29) is 5.91 Å². The summed E-state index contributed by atoms with van der Waals surface area (Å²) in [5, 5.41) is 6.26. The molecule has 0 unspecified atom stereocenters. The van der Waals surface area contributed by atoms with Crippen molar-refractivity contribution < 1.29 is 4.79 Å². The first kappa shape index (κ1) is 13.3. The molecule has 1 aromatic rings. The Kier molecular flexibility index (Phi) is 4.53. The van der Waals surface area contributed by atoms with Crippen LogP contribution in [0.3, 0.4) is 0 Å². The molecule has 0 aliphatic carbocycles. The molecule has 1 aromatic carbocycles. The van der Waals surface area contributed by atoms with Gasteiger partial charge in [0.1, 0.15) is 0 Å². The second-order valence-electron chi connectivity index (χ2n) is 4.59. The molecule has 1 amide bonds. The van der Waals surface area contributed by atoms with Crippen LogP contribution in [-0.4, -0.2) is 30.5 Å². The van der Waals surface area contributed by atoms with Gasteiger partial charge in [0.05, 0.1) is 0 Å². The van der Waals surface area contributed by atoms with Crippen LogP contribution in [0.15, 0.2) is 18.2 Å². The van der Waals surface area contributed by atoms with Gasteiger partial charge in [-0.1, -0.05) is 6.07 Å². The van der Waals surface area contributed by atoms with E-state index in [2.05, 4.69) is 16.7 Å². The molecule has 2 N–H and O–H groups in total. The summed E-state index contributed by atoms with van der Waals surface area (Å²) >= 11 is 2.02. The van der Waals surface area contributed by atoms with Gasteiger partial charge in [0.25, 0.3) is 5.91 Å². The average Bonchev–Trinajstić information content (AvgIpc) is 2.41. The van der Waals surface area contributed by atoms with E-state index in [4.69, 9.17) is 0 Å². The largest absolute Gasteiger partial charge is 0.382 e. The summed E-state index contributed by atoms with van der Waals surface area (Å²) in [6.07, 6.45) is 2.41. The normalized spacial score (nSPS) is 16.3. The van der Waals surface area contributed by atoms with Crippen LogP contribution in [0.5, 0.6) is 0 Å². The highest BCUT2D eigenvalue weighted by Gasteiger charge is 2.16. The number of anilines is 1. The molecule has 0 atom stereocenters. The predicted molar refractivity (Wildman–Crippen MR) is 78.5 cm³/mol. The van der Waals surface area contributed by atoms with Crippen molar-refractivity contribution in [3.63, 3.8) is 0 Å². The molecule has 1 aliphatic heterocycles. The van der Waals surface area contributed by atoms with Gasteiger partial charge in [-0.25, -0.2) is 0 Å². The van der Waals surface area contributed by atoms with E-state index in [1.54, 1.807) is 7.05 Å². The minimum atomic E-state index is -0.0182. The summed E-state index contributed by atoms with van der Waals surface area (Å²) in [6, 6.07) is 6.42. The van der Waals surface area contributed by atoms with E-state index in [1.807, 2.05) is 30.8 Å². The van der Waals surface area contributed by atoms with E-state index in [0.29, 0.717) is 6.04 Å². The van der Waals surface area contributed by atoms with Crippen LogP contribution < -0.4 is 10.6 Å². The van der Waals surface area contributed by atoms with Gasteiger partial charge in [-0.3, -0.25) is 4.79 Å². The van der Waals surface area contributed by atoms with Gasteiger partial charge in [0.2, 0.25) is 0 Å². The van der Waals surface area contributed by atoms with Crippen LogP contribution in [0.2, 0.25) is 0 Å². The Morgan fingerprint density at radius 2 is 2.06 bits per heavy atom. The standard InChI is InChI=1S/C14H20N2OS/c1-10-12(14(17)15-2)4-3-5-13(10)16-11-6-8-18-9-7-11/h3-5,11,16H,6-9H2,1-2H3,(H,15,17). The van der Waals surface area contributed by atoms with Gasteiger partial charge in [-0.2, -0.15) is 11.8 Å². The molecule has 0 aromatic heterocycles. The van der Waals surface area contributed by atoms with Crippen LogP contribution in [0.1, 0.15) is 28.8 Å². The van der Waals surface area contributed by atoms with Gasteiger partial charge in [0, 0.05) is 24.3 Å². The third kappa shape index (κ3) is 2.99. The molecule has 98 valence electrons. The smallest absolute Gasteiger partial charge is 0.251 e. The molecule has 4 heteroatoms. The summed E-state index contributed by atoms with van der Waals surface area (Å²) in [4.78, 5) is 11.7. The Hall–Kier alpha value is -1.16. The van der Waals surface area contributed by atoms with Crippen LogP contribution in [0.4, 0.5) is 5.69 Å². The number of benzene rings is 1. The number of rotatable bonds is 3. The fourth-order valence-corrected chi connectivity index (χ4v) is 3.34. The van der Waals surface area contributed by atoms with Gasteiger partial charge in [-0.05, 0) is 49.0 Å². The van der Waals surface area contributed by atoms with E-state index in [9.17, 15) is 4.79 Å². The zero-order chi connectivity index (χ0) is 13.0. The van der Waals surface area contributed by atoms with Crippen molar-refractivity contribution in [1.29, 1.82) is 0 Å². The van der Waals surface area contributed by atoms with Crippen molar-refractivity contribution in [3.8, 4) is 0 Å². The minimum Gasteiger partial charge on any atom is -0.382 e. The highest BCUT2D eigenvalue weighted by Crippen LogP contribution is 2.24. The molecule has 1 saturated heterocycles. The lowest BCUT2D eigenvalue weighted by Crippen LogP contribution is -2.25. The number of nitrogens with one attached hydrogen (secondary N) is 2. The molecule has 1 heterocycles. The maximum Gasteiger partial charge on any atom is 0.251 e. The molecule has 18 heavy (non-hydrogen) atoms. The van der Waals surface area contributed by atoms with Crippen molar-refractivity contribution in [1.82, 2.24) is 5.32 Å². The molecule has 0 radical (unpaired) electrons. The molecule has 0 spiro atoms. The molecule has 2 rings (SSSR count). The lowest BCUT2D eigenvalue weighted by Gasteiger charge is -2.25. The number of amides is 1. The van der Waals surface area contributed by atoms with Crippen LogP contribution >= 0.6 is 11.8 Å².